The lowest BCUT2D eigenvalue weighted by Crippen LogP contribution is -2.35. The van der Waals surface area contributed by atoms with Crippen LogP contribution in [0.1, 0.15) is 50.5 Å². The number of hydrogen-bond donors (Lipinski definition) is 1. The lowest BCUT2D eigenvalue weighted by molar-refractivity contribution is 0.0625. The van der Waals surface area contributed by atoms with Crippen molar-refractivity contribution < 1.29 is 4.74 Å². The van der Waals surface area contributed by atoms with Crippen molar-refractivity contribution >= 4 is 0 Å². The molecule has 1 fully saturated rings. The second kappa shape index (κ2) is 7.66. The van der Waals surface area contributed by atoms with Gasteiger partial charge in [0.15, 0.2) is 0 Å². The van der Waals surface area contributed by atoms with Gasteiger partial charge in [-0.25, -0.2) is 0 Å². The van der Waals surface area contributed by atoms with Crippen molar-refractivity contribution in [1.82, 2.24) is 5.32 Å². The minimum absolute atomic E-state index is 0.501. The molecule has 0 radical (unpaired) electrons. The maximum Gasteiger partial charge on any atom is 0.0572 e. The van der Waals surface area contributed by atoms with Crippen molar-refractivity contribution in [3.05, 3.63) is 35.9 Å². The fourth-order valence-electron chi connectivity index (χ4n) is 2.95. The zero-order valence-electron chi connectivity index (χ0n) is 12.3. The Balaban J connectivity index is 1.64. The van der Waals surface area contributed by atoms with E-state index >= 15 is 0 Å². The third-order valence-corrected chi connectivity index (χ3v) is 4.39. The van der Waals surface area contributed by atoms with E-state index < -0.39 is 0 Å². The summed E-state index contributed by atoms with van der Waals surface area (Å²) in [5, 5.41) is 3.71. The van der Waals surface area contributed by atoms with E-state index in [1.165, 1.54) is 37.7 Å². The highest BCUT2D eigenvalue weighted by atomic mass is 16.5. The molecule has 0 aromatic heterocycles. The van der Waals surface area contributed by atoms with Crippen molar-refractivity contribution in [2.24, 2.45) is 0 Å². The van der Waals surface area contributed by atoms with E-state index in [1.807, 2.05) is 7.11 Å². The third-order valence-electron chi connectivity index (χ3n) is 4.39. The molecule has 0 bridgehead atoms. The Labute approximate surface area is 117 Å². The Morgan fingerprint density at radius 3 is 2.47 bits per heavy atom. The van der Waals surface area contributed by atoms with Gasteiger partial charge in [-0.3, -0.25) is 0 Å². The Bertz CT molecular complexity index is 344. The zero-order valence-corrected chi connectivity index (χ0v) is 12.3. The number of nitrogens with one attached hydrogen (secondary N) is 1. The van der Waals surface area contributed by atoms with Crippen molar-refractivity contribution in [2.45, 2.75) is 57.1 Å². The van der Waals surface area contributed by atoms with E-state index in [0.717, 1.165) is 6.54 Å². The van der Waals surface area contributed by atoms with Crippen LogP contribution in [0.4, 0.5) is 0 Å². The first-order chi connectivity index (χ1) is 9.29. The Kier molecular flexibility index (Phi) is 5.87. The number of benzene rings is 1. The zero-order chi connectivity index (χ0) is 13.5. The number of ether oxygens (including phenoxy) is 1. The minimum atomic E-state index is 0.501. The van der Waals surface area contributed by atoms with Crippen LogP contribution in [0.5, 0.6) is 0 Å². The van der Waals surface area contributed by atoms with E-state index in [-0.39, 0.29) is 0 Å². The van der Waals surface area contributed by atoms with E-state index in [9.17, 15) is 0 Å². The van der Waals surface area contributed by atoms with E-state index in [0.29, 0.717) is 18.1 Å². The second-order valence-corrected chi connectivity index (χ2v) is 5.76. The van der Waals surface area contributed by atoms with Crippen LogP contribution in [-0.4, -0.2) is 25.8 Å². The van der Waals surface area contributed by atoms with E-state index in [2.05, 4.69) is 42.6 Å². The molecule has 1 saturated carbocycles. The van der Waals surface area contributed by atoms with Crippen LogP contribution in [0, 0.1) is 0 Å². The predicted octanol–water partition coefficient (Wildman–Crippen LogP) is 3.73. The highest BCUT2D eigenvalue weighted by Gasteiger charge is 2.20. The summed E-state index contributed by atoms with van der Waals surface area (Å²) in [5.41, 5.74) is 1.45. The van der Waals surface area contributed by atoms with Gasteiger partial charge in [0.05, 0.1) is 6.10 Å². The van der Waals surface area contributed by atoms with Gasteiger partial charge in [0.2, 0.25) is 0 Å². The Morgan fingerprint density at radius 1 is 1.16 bits per heavy atom. The molecule has 1 atom stereocenters. The van der Waals surface area contributed by atoms with Crippen LogP contribution in [-0.2, 0) is 4.74 Å². The number of methoxy groups -OCH3 is 1. The molecule has 2 heteroatoms. The van der Waals surface area contributed by atoms with Gasteiger partial charge in [-0.2, -0.15) is 0 Å². The third kappa shape index (κ3) is 4.63. The average Bonchev–Trinajstić information content (AvgIpc) is 2.49. The maximum atomic E-state index is 5.41. The van der Waals surface area contributed by atoms with E-state index in [4.69, 9.17) is 4.74 Å². The smallest absolute Gasteiger partial charge is 0.0572 e. The monoisotopic (exact) mass is 261 g/mol. The molecule has 19 heavy (non-hydrogen) atoms. The number of hydrogen-bond acceptors (Lipinski definition) is 2. The molecule has 0 heterocycles. The molecule has 0 aliphatic heterocycles. The van der Waals surface area contributed by atoms with Gasteiger partial charge in [0.25, 0.3) is 0 Å². The molecule has 106 valence electrons. The van der Waals surface area contributed by atoms with Crippen LogP contribution in [0.25, 0.3) is 0 Å². The van der Waals surface area contributed by atoms with E-state index in [1.54, 1.807) is 0 Å². The molecular formula is C17H27NO. The summed E-state index contributed by atoms with van der Waals surface area (Å²) in [4.78, 5) is 0. The van der Waals surface area contributed by atoms with Gasteiger partial charge in [-0.1, -0.05) is 37.3 Å². The first kappa shape index (κ1) is 14.5. The Morgan fingerprint density at radius 2 is 1.84 bits per heavy atom. The van der Waals surface area contributed by atoms with Gasteiger partial charge in [-0.15, -0.1) is 0 Å². The summed E-state index contributed by atoms with van der Waals surface area (Å²) in [6.45, 7) is 3.44. The van der Waals surface area contributed by atoms with Crippen LogP contribution in [0.2, 0.25) is 0 Å². The summed E-state index contributed by atoms with van der Waals surface area (Å²) >= 11 is 0. The first-order valence-electron chi connectivity index (χ1n) is 7.60. The molecule has 1 unspecified atom stereocenters. The van der Waals surface area contributed by atoms with Crippen molar-refractivity contribution in [1.29, 1.82) is 0 Å². The van der Waals surface area contributed by atoms with Crippen molar-refractivity contribution in [2.75, 3.05) is 13.7 Å². The lowest BCUT2D eigenvalue weighted by Gasteiger charge is -2.28. The standard InChI is InChI=1S/C17H27NO/c1-14(15-6-4-3-5-7-15)12-13-18-16-8-10-17(19-2)11-9-16/h3-7,14,16-18H,8-13H2,1-2H3. The number of rotatable bonds is 6. The fourth-order valence-corrected chi connectivity index (χ4v) is 2.95. The highest BCUT2D eigenvalue weighted by Crippen LogP contribution is 2.21. The molecular weight excluding hydrogens is 234 g/mol. The molecule has 2 rings (SSSR count). The van der Waals surface area contributed by atoms with Crippen molar-refractivity contribution in [3.8, 4) is 0 Å². The van der Waals surface area contributed by atoms with Gasteiger partial charge in [0.1, 0.15) is 0 Å². The molecule has 0 amide bonds. The second-order valence-electron chi connectivity index (χ2n) is 5.76. The van der Waals surface area contributed by atoms with Gasteiger partial charge < -0.3 is 10.1 Å². The van der Waals surface area contributed by atoms with Gasteiger partial charge in [0, 0.05) is 13.2 Å². The van der Waals surface area contributed by atoms with Crippen molar-refractivity contribution in [3.63, 3.8) is 0 Å². The molecule has 1 aromatic carbocycles. The molecule has 1 aliphatic carbocycles. The van der Waals surface area contributed by atoms with Gasteiger partial charge in [-0.05, 0) is 50.1 Å². The normalized spacial score (nSPS) is 25.2. The fraction of sp³-hybridized carbons (Fsp3) is 0.647. The summed E-state index contributed by atoms with van der Waals surface area (Å²) in [5.74, 6) is 0.643. The van der Waals surface area contributed by atoms with Gasteiger partial charge >= 0.3 is 0 Å². The summed E-state index contributed by atoms with van der Waals surface area (Å²) in [7, 11) is 1.83. The lowest BCUT2D eigenvalue weighted by atomic mass is 9.92. The molecule has 1 N–H and O–H groups in total. The molecule has 2 nitrogen and oxygen atoms in total. The first-order valence-corrected chi connectivity index (χ1v) is 7.60. The summed E-state index contributed by atoms with van der Waals surface area (Å²) < 4.78 is 5.41. The molecule has 0 spiro atoms. The highest BCUT2D eigenvalue weighted by molar-refractivity contribution is 5.18. The SMILES string of the molecule is COC1CCC(NCCC(C)c2ccccc2)CC1. The largest absolute Gasteiger partial charge is 0.381 e. The molecule has 1 aromatic rings. The predicted molar refractivity (Wildman–Crippen MR) is 80.5 cm³/mol. The summed E-state index contributed by atoms with van der Waals surface area (Å²) in [6.07, 6.45) is 6.66. The maximum absolute atomic E-state index is 5.41. The van der Waals surface area contributed by atoms with Crippen LogP contribution in [0.3, 0.4) is 0 Å². The van der Waals surface area contributed by atoms with Crippen LogP contribution < -0.4 is 5.32 Å². The molecule has 0 saturated heterocycles. The van der Waals surface area contributed by atoms with Crippen LogP contribution >= 0.6 is 0 Å². The average molecular weight is 261 g/mol. The topological polar surface area (TPSA) is 21.3 Å². The molecule has 1 aliphatic rings. The summed E-state index contributed by atoms with van der Waals surface area (Å²) in [6, 6.07) is 11.5. The Hall–Kier alpha value is -0.860. The minimum Gasteiger partial charge on any atom is -0.381 e. The van der Waals surface area contributed by atoms with Crippen LogP contribution in [0.15, 0.2) is 30.3 Å². The quantitative estimate of drug-likeness (QED) is 0.842.